The van der Waals surface area contributed by atoms with Gasteiger partial charge in [0.05, 0.1) is 11.7 Å². The van der Waals surface area contributed by atoms with Crippen molar-refractivity contribution >= 4 is 45.8 Å². The first-order valence-corrected chi connectivity index (χ1v) is 14.9. The van der Waals surface area contributed by atoms with Crippen LogP contribution in [0, 0.1) is 5.41 Å². The second kappa shape index (κ2) is 9.70. The molecule has 1 aliphatic carbocycles. The SMILES string of the molecule is CC1(CN2CCC(n3cc(Cc4ccc5c6c(cccc46)C(=O)N5C4CCC(=O)NC4=O)c(Cl)n3)CC2)CCC1. The Morgan fingerprint density at radius 1 is 1.05 bits per heavy atom. The zero-order valence-corrected chi connectivity index (χ0v) is 23.5. The third kappa shape index (κ3) is 4.32. The molecule has 0 radical (unpaired) electrons. The van der Waals surface area contributed by atoms with Crippen LogP contribution < -0.4 is 10.2 Å². The number of likely N-dealkylation sites (tertiary alicyclic amines) is 1. The molecule has 7 rings (SSSR count). The standard InChI is InChI=1S/C31H34ClN5O3/c1-31(12-3-13-31)18-35-14-10-21(11-15-35)36-17-20(28(32)34-36)16-19-6-7-24-27-22(19)4-2-5-23(27)30(40)37(24)25-8-9-26(38)33-29(25)39/h2,4-7,17,21,25H,3,8-16,18H2,1H3,(H,33,38,39). The number of hydrogen-bond acceptors (Lipinski definition) is 5. The molecule has 9 heteroatoms. The fraction of sp³-hybridized carbons (Fsp3) is 0.484. The molecule has 2 aromatic carbocycles. The number of nitrogens with zero attached hydrogens (tertiary/aromatic N) is 4. The highest BCUT2D eigenvalue weighted by Gasteiger charge is 2.41. The number of benzene rings is 2. The minimum Gasteiger partial charge on any atom is -0.303 e. The van der Waals surface area contributed by atoms with E-state index in [1.54, 1.807) is 4.90 Å². The molecule has 4 aliphatic rings. The van der Waals surface area contributed by atoms with Crippen molar-refractivity contribution in [1.29, 1.82) is 0 Å². The summed E-state index contributed by atoms with van der Waals surface area (Å²) in [4.78, 5) is 42.0. The molecule has 1 unspecified atom stereocenters. The highest BCUT2D eigenvalue weighted by atomic mass is 35.5. The number of hydrogen-bond donors (Lipinski definition) is 1. The second-order valence-electron chi connectivity index (χ2n) is 12.4. The minimum absolute atomic E-state index is 0.198. The number of anilines is 1. The number of aromatic nitrogens is 2. The van der Waals surface area contributed by atoms with Crippen LogP contribution in [-0.2, 0) is 16.0 Å². The van der Waals surface area contributed by atoms with Crippen LogP contribution in [0.4, 0.5) is 5.69 Å². The Morgan fingerprint density at radius 3 is 2.58 bits per heavy atom. The molecule has 8 nitrogen and oxygen atoms in total. The number of imide groups is 1. The molecule has 208 valence electrons. The lowest BCUT2D eigenvalue weighted by Crippen LogP contribution is -2.53. The molecular weight excluding hydrogens is 526 g/mol. The summed E-state index contributed by atoms with van der Waals surface area (Å²) in [6.45, 7) is 5.82. The fourth-order valence-corrected chi connectivity index (χ4v) is 7.40. The van der Waals surface area contributed by atoms with Crippen LogP contribution in [0.25, 0.3) is 10.8 Å². The first kappa shape index (κ1) is 25.7. The predicted molar refractivity (Wildman–Crippen MR) is 154 cm³/mol. The van der Waals surface area contributed by atoms with E-state index < -0.39 is 11.9 Å². The Bertz CT molecular complexity index is 1540. The molecule has 40 heavy (non-hydrogen) atoms. The molecule has 1 atom stereocenters. The quantitative estimate of drug-likeness (QED) is 0.435. The van der Waals surface area contributed by atoms with Crippen LogP contribution in [0.3, 0.4) is 0 Å². The third-order valence-electron chi connectivity index (χ3n) is 9.57. The summed E-state index contributed by atoms with van der Waals surface area (Å²) in [6.07, 6.45) is 9.47. The van der Waals surface area contributed by atoms with Gasteiger partial charge < -0.3 is 4.90 Å². The first-order chi connectivity index (χ1) is 19.3. The Balaban J connectivity index is 1.11. The van der Waals surface area contributed by atoms with Crippen LogP contribution in [0.2, 0.25) is 5.15 Å². The van der Waals surface area contributed by atoms with Crippen molar-refractivity contribution in [1.82, 2.24) is 20.0 Å². The summed E-state index contributed by atoms with van der Waals surface area (Å²) < 4.78 is 2.06. The molecule has 4 heterocycles. The summed E-state index contributed by atoms with van der Waals surface area (Å²) in [5.74, 6) is -0.912. The van der Waals surface area contributed by atoms with Crippen molar-refractivity contribution < 1.29 is 14.4 Å². The van der Waals surface area contributed by atoms with E-state index in [2.05, 4.69) is 28.0 Å². The lowest BCUT2D eigenvalue weighted by Gasteiger charge is -2.44. The lowest BCUT2D eigenvalue weighted by molar-refractivity contribution is -0.134. The maximum atomic E-state index is 13.4. The van der Waals surface area contributed by atoms with E-state index in [1.807, 2.05) is 30.3 Å². The van der Waals surface area contributed by atoms with Crippen molar-refractivity contribution in [3.8, 4) is 0 Å². The molecule has 0 spiro atoms. The fourth-order valence-electron chi connectivity index (χ4n) is 7.20. The molecule has 1 aromatic heterocycles. The van der Waals surface area contributed by atoms with Crippen molar-refractivity contribution in [2.45, 2.75) is 70.4 Å². The van der Waals surface area contributed by atoms with Gasteiger partial charge in [0.15, 0.2) is 5.15 Å². The van der Waals surface area contributed by atoms with Crippen LogP contribution in [0.15, 0.2) is 36.5 Å². The Kier molecular flexibility index (Phi) is 6.24. The summed E-state index contributed by atoms with van der Waals surface area (Å²) in [5.41, 5.74) is 3.85. The molecular formula is C31H34ClN5O3. The summed E-state index contributed by atoms with van der Waals surface area (Å²) >= 11 is 6.68. The maximum absolute atomic E-state index is 13.4. The van der Waals surface area contributed by atoms with E-state index in [0.717, 1.165) is 53.5 Å². The highest BCUT2D eigenvalue weighted by Crippen LogP contribution is 2.43. The Hall–Kier alpha value is -3.23. The van der Waals surface area contributed by atoms with Gasteiger partial charge in [0, 0.05) is 55.2 Å². The van der Waals surface area contributed by atoms with Crippen molar-refractivity contribution in [2.75, 3.05) is 24.5 Å². The predicted octanol–water partition coefficient (Wildman–Crippen LogP) is 4.87. The first-order valence-electron chi connectivity index (χ1n) is 14.5. The van der Waals surface area contributed by atoms with E-state index >= 15 is 0 Å². The number of rotatable bonds is 6. The van der Waals surface area contributed by atoms with E-state index in [9.17, 15) is 14.4 Å². The van der Waals surface area contributed by atoms with Crippen LogP contribution >= 0.6 is 11.6 Å². The monoisotopic (exact) mass is 559 g/mol. The summed E-state index contributed by atoms with van der Waals surface area (Å²) in [7, 11) is 0. The maximum Gasteiger partial charge on any atom is 0.259 e. The summed E-state index contributed by atoms with van der Waals surface area (Å²) in [6, 6.07) is 9.33. The zero-order chi connectivity index (χ0) is 27.6. The van der Waals surface area contributed by atoms with Gasteiger partial charge in [0.1, 0.15) is 6.04 Å². The number of amides is 3. The second-order valence-corrected chi connectivity index (χ2v) is 12.7. The zero-order valence-electron chi connectivity index (χ0n) is 22.8. The topological polar surface area (TPSA) is 87.5 Å². The normalized spacial score (nSPS) is 23.1. The molecule has 1 saturated carbocycles. The third-order valence-corrected chi connectivity index (χ3v) is 9.89. The van der Waals surface area contributed by atoms with Gasteiger partial charge in [-0.25, -0.2) is 0 Å². The van der Waals surface area contributed by atoms with Crippen LogP contribution in [0.1, 0.15) is 79.4 Å². The minimum atomic E-state index is -0.692. The van der Waals surface area contributed by atoms with Gasteiger partial charge in [0.25, 0.3) is 5.91 Å². The molecule has 3 aromatic rings. The van der Waals surface area contributed by atoms with Crippen LogP contribution in [-0.4, -0.2) is 58.1 Å². The van der Waals surface area contributed by atoms with Gasteiger partial charge in [-0.05, 0) is 60.6 Å². The molecule has 3 fully saturated rings. The number of nitrogens with one attached hydrogen (secondary N) is 1. The van der Waals surface area contributed by atoms with E-state index in [1.165, 1.54) is 25.8 Å². The lowest BCUT2D eigenvalue weighted by atomic mass is 9.70. The number of halogens is 1. The van der Waals surface area contributed by atoms with Gasteiger partial charge in [-0.2, -0.15) is 5.10 Å². The van der Waals surface area contributed by atoms with Crippen molar-refractivity contribution in [3.63, 3.8) is 0 Å². The van der Waals surface area contributed by atoms with E-state index in [4.69, 9.17) is 16.7 Å². The average Bonchev–Trinajstić information content (AvgIpc) is 3.43. The van der Waals surface area contributed by atoms with E-state index in [-0.39, 0.29) is 18.2 Å². The number of piperidine rings is 2. The molecule has 1 N–H and O–H groups in total. The van der Waals surface area contributed by atoms with E-state index in [0.29, 0.717) is 35.0 Å². The smallest absolute Gasteiger partial charge is 0.259 e. The van der Waals surface area contributed by atoms with Crippen molar-refractivity contribution in [2.24, 2.45) is 5.41 Å². The number of carbonyl (C=O) groups excluding carboxylic acids is 3. The Labute approximate surface area is 238 Å². The highest BCUT2D eigenvalue weighted by molar-refractivity contribution is 6.30. The van der Waals surface area contributed by atoms with Gasteiger partial charge in [0.2, 0.25) is 11.8 Å². The van der Waals surface area contributed by atoms with Crippen molar-refractivity contribution in [3.05, 3.63) is 58.4 Å². The van der Waals surface area contributed by atoms with Gasteiger partial charge in [-0.3, -0.25) is 29.3 Å². The molecule has 3 amide bonds. The summed E-state index contributed by atoms with van der Waals surface area (Å²) in [5, 5.41) is 9.44. The van der Waals surface area contributed by atoms with Gasteiger partial charge >= 0.3 is 0 Å². The number of carbonyl (C=O) groups is 3. The molecule has 0 bridgehead atoms. The molecule has 2 saturated heterocycles. The largest absolute Gasteiger partial charge is 0.303 e. The van der Waals surface area contributed by atoms with Crippen LogP contribution in [0.5, 0.6) is 0 Å². The van der Waals surface area contributed by atoms with Gasteiger partial charge in [-0.15, -0.1) is 0 Å². The Morgan fingerprint density at radius 2 is 1.85 bits per heavy atom. The average molecular weight is 560 g/mol. The molecule has 3 aliphatic heterocycles. The van der Waals surface area contributed by atoms with Gasteiger partial charge in [-0.1, -0.05) is 43.1 Å².